The zero-order valence-corrected chi connectivity index (χ0v) is 21.7. The first-order chi connectivity index (χ1) is 18.6. The van der Waals surface area contributed by atoms with Crippen molar-refractivity contribution in [2.45, 2.75) is 13.0 Å². The van der Waals surface area contributed by atoms with Crippen molar-refractivity contribution in [2.24, 2.45) is 0 Å². The summed E-state index contributed by atoms with van der Waals surface area (Å²) in [7, 11) is 3.75. The van der Waals surface area contributed by atoms with Gasteiger partial charge >= 0.3 is 0 Å². The van der Waals surface area contributed by atoms with E-state index in [-0.39, 0.29) is 5.56 Å². The number of H-pyrrole nitrogens is 1. The predicted molar refractivity (Wildman–Crippen MR) is 151 cm³/mol. The summed E-state index contributed by atoms with van der Waals surface area (Å²) in [6.45, 7) is 3.58. The quantitative estimate of drug-likeness (QED) is 0.394. The van der Waals surface area contributed by atoms with Gasteiger partial charge in [0.25, 0.3) is 0 Å². The summed E-state index contributed by atoms with van der Waals surface area (Å²) in [5, 5.41) is 3.51. The van der Waals surface area contributed by atoms with E-state index in [0.717, 1.165) is 64.8 Å². The maximum absolute atomic E-state index is 12.7. The lowest BCUT2D eigenvalue weighted by Gasteiger charge is -2.33. The summed E-state index contributed by atoms with van der Waals surface area (Å²) in [5.41, 5.74) is 9.57. The van der Waals surface area contributed by atoms with Crippen LogP contribution in [0.2, 0.25) is 0 Å². The molecule has 0 amide bonds. The van der Waals surface area contributed by atoms with Gasteiger partial charge in [0, 0.05) is 68.0 Å². The molecule has 0 atom stereocenters. The number of methoxy groups -OCH3 is 1. The van der Waals surface area contributed by atoms with Gasteiger partial charge in [0.05, 0.1) is 37.9 Å². The van der Waals surface area contributed by atoms with Crippen molar-refractivity contribution in [3.63, 3.8) is 0 Å². The van der Waals surface area contributed by atoms with Crippen LogP contribution in [0.5, 0.6) is 5.75 Å². The van der Waals surface area contributed by atoms with Crippen LogP contribution < -0.4 is 25.4 Å². The van der Waals surface area contributed by atoms with Crippen molar-refractivity contribution >= 4 is 22.7 Å². The number of anilines is 4. The highest BCUT2D eigenvalue weighted by Gasteiger charge is 2.24. The first kappa shape index (κ1) is 24.1. The number of ether oxygens (including phenoxy) is 2. The summed E-state index contributed by atoms with van der Waals surface area (Å²) in [6, 6.07) is 18.6. The molecule has 8 heteroatoms. The van der Waals surface area contributed by atoms with Gasteiger partial charge in [0.2, 0.25) is 5.56 Å². The first-order valence-corrected chi connectivity index (χ1v) is 12.9. The van der Waals surface area contributed by atoms with Crippen LogP contribution in [-0.2, 0) is 17.7 Å². The van der Waals surface area contributed by atoms with Gasteiger partial charge < -0.3 is 29.6 Å². The van der Waals surface area contributed by atoms with Gasteiger partial charge in [-0.25, -0.2) is 0 Å². The van der Waals surface area contributed by atoms with Crippen LogP contribution in [0.15, 0.2) is 71.8 Å². The molecular formula is C30H31N5O3. The normalized spacial score (nSPS) is 14.6. The molecule has 0 radical (unpaired) electrons. The van der Waals surface area contributed by atoms with Gasteiger partial charge in [-0.3, -0.25) is 9.78 Å². The molecule has 4 heterocycles. The fraction of sp³-hybridized carbons (Fsp3) is 0.267. The van der Waals surface area contributed by atoms with Crippen molar-refractivity contribution in [3.05, 3.63) is 94.0 Å². The molecule has 2 aromatic carbocycles. The van der Waals surface area contributed by atoms with Gasteiger partial charge in [-0.05, 0) is 47.0 Å². The second kappa shape index (κ2) is 10.2. The second-order valence-corrected chi connectivity index (χ2v) is 9.70. The molecule has 2 aliphatic rings. The van der Waals surface area contributed by atoms with E-state index in [1.54, 1.807) is 19.4 Å². The lowest BCUT2D eigenvalue weighted by Crippen LogP contribution is -2.36. The van der Waals surface area contributed by atoms with Crippen LogP contribution in [0.3, 0.4) is 0 Å². The number of para-hydroxylation sites is 1. The fourth-order valence-electron chi connectivity index (χ4n) is 5.39. The maximum Gasteiger partial charge on any atom is 0.250 e. The molecule has 2 aliphatic heterocycles. The number of hydrogen-bond donors (Lipinski definition) is 2. The molecule has 0 spiro atoms. The topological polar surface area (TPSA) is 82.7 Å². The minimum atomic E-state index is -0.0950. The molecule has 1 fully saturated rings. The Morgan fingerprint density at radius 2 is 1.92 bits per heavy atom. The largest absolute Gasteiger partial charge is 0.495 e. The molecule has 194 valence electrons. The Morgan fingerprint density at radius 1 is 1.05 bits per heavy atom. The Bertz CT molecular complexity index is 1530. The van der Waals surface area contributed by atoms with Gasteiger partial charge in [0.15, 0.2) is 0 Å². The highest BCUT2D eigenvalue weighted by molar-refractivity contribution is 5.87. The molecule has 0 aliphatic carbocycles. The van der Waals surface area contributed by atoms with Gasteiger partial charge in [0.1, 0.15) is 5.75 Å². The monoisotopic (exact) mass is 509 g/mol. The summed E-state index contributed by atoms with van der Waals surface area (Å²) < 4.78 is 10.8. The van der Waals surface area contributed by atoms with Gasteiger partial charge in [-0.2, -0.15) is 0 Å². The lowest BCUT2D eigenvalue weighted by molar-refractivity contribution is 0.122. The molecule has 6 rings (SSSR count). The molecule has 0 saturated carbocycles. The number of nitrogens with zero attached hydrogens (tertiary/aromatic N) is 3. The number of hydrogen-bond acceptors (Lipinski definition) is 7. The summed E-state index contributed by atoms with van der Waals surface area (Å²) in [4.78, 5) is 24.4. The van der Waals surface area contributed by atoms with Crippen molar-refractivity contribution < 1.29 is 9.47 Å². The molecule has 38 heavy (non-hydrogen) atoms. The number of pyridine rings is 2. The number of benzene rings is 2. The van der Waals surface area contributed by atoms with E-state index in [9.17, 15) is 4.79 Å². The first-order valence-electron chi connectivity index (χ1n) is 12.9. The molecule has 4 aromatic rings. The molecule has 2 aromatic heterocycles. The van der Waals surface area contributed by atoms with E-state index >= 15 is 0 Å². The number of rotatable bonds is 6. The molecule has 2 N–H and O–H groups in total. The van der Waals surface area contributed by atoms with Crippen molar-refractivity contribution in [2.75, 3.05) is 55.6 Å². The molecule has 8 nitrogen and oxygen atoms in total. The summed E-state index contributed by atoms with van der Waals surface area (Å²) >= 11 is 0. The van der Waals surface area contributed by atoms with Gasteiger partial charge in [-0.1, -0.05) is 18.2 Å². The number of morpholine rings is 1. The zero-order valence-electron chi connectivity index (χ0n) is 21.7. The third kappa shape index (κ3) is 4.70. The molecule has 0 unspecified atom stereocenters. The average molecular weight is 510 g/mol. The van der Waals surface area contributed by atoms with E-state index < -0.39 is 0 Å². The Kier molecular flexibility index (Phi) is 6.47. The third-order valence-electron chi connectivity index (χ3n) is 7.27. The molecule has 0 bridgehead atoms. The van der Waals surface area contributed by atoms with Crippen LogP contribution in [0, 0.1) is 0 Å². The van der Waals surface area contributed by atoms with E-state index in [1.165, 1.54) is 11.1 Å². The molecular weight excluding hydrogens is 478 g/mol. The van der Waals surface area contributed by atoms with Crippen molar-refractivity contribution in [1.82, 2.24) is 9.97 Å². The smallest absolute Gasteiger partial charge is 0.250 e. The van der Waals surface area contributed by atoms with Gasteiger partial charge in [-0.15, -0.1) is 0 Å². The number of aromatic nitrogens is 2. The van der Waals surface area contributed by atoms with E-state index in [1.807, 2.05) is 12.3 Å². The predicted octanol–water partition coefficient (Wildman–Crippen LogP) is 4.57. The Hall–Kier alpha value is -4.30. The number of fused-ring (bicyclic) bond motifs is 2. The minimum absolute atomic E-state index is 0.0950. The minimum Gasteiger partial charge on any atom is -0.495 e. The Labute approximate surface area is 221 Å². The van der Waals surface area contributed by atoms with Crippen LogP contribution in [0.4, 0.5) is 22.7 Å². The molecule has 1 saturated heterocycles. The number of nitrogens with one attached hydrogen (secondary N) is 2. The van der Waals surface area contributed by atoms with E-state index in [0.29, 0.717) is 19.8 Å². The van der Waals surface area contributed by atoms with Crippen molar-refractivity contribution in [3.8, 4) is 17.0 Å². The average Bonchev–Trinajstić information content (AvgIpc) is 2.96. The van der Waals surface area contributed by atoms with Crippen LogP contribution >= 0.6 is 0 Å². The maximum atomic E-state index is 12.7. The summed E-state index contributed by atoms with van der Waals surface area (Å²) in [5.74, 6) is 0.751. The van der Waals surface area contributed by atoms with Crippen LogP contribution in [0.1, 0.15) is 16.7 Å². The Balaban J connectivity index is 1.28. The zero-order chi connectivity index (χ0) is 26.1. The second-order valence-electron chi connectivity index (χ2n) is 9.70. The van der Waals surface area contributed by atoms with E-state index in [2.05, 4.69) is 74.6 Å². The van der Waals surface area contributed by atoms with Crippen LogP contribution in [-0.4, -0.2) is 50.4 Å². The summed E-state index contributed by atoms with van der Waals surface area (Å²) in [6.07, 6.45) is 4.36. The number of aromatic amines is 1. The highest BCUT2D eigenvalue weighted by atomic mass is 16.5. The standard InChI is InChI=1S/C30H31N5O3/c1-34-28-7-6-23(32-18-20-12-25(37-2)19-31-17-20)14-22(28)13-21-4-3-5-26(30(21)34)27-15-24(16-29(36)33-27)35-8-10-38-11-9-35/h3-7,12,14-17,19,32H,8-11,13,18H2,1-2H3,(H,33,36). The fourth-order valence-corrected chi connectivity index (χ4v) is 5.39. The van der Waals surface area contributed by atoms with Crippen molar-refractivity contribution in [1.29, 1.82) is 0 Å². The third-order valence-corrected chi connectivity index (χ3v) is 7.27. The Morgan fingerprint density at radius 3 is 2.76 bits per heavy atom. The SMILES string of the molecule is COc1cncc(CNc2ccc3c(c2)Cc2cccc(-c4cc(N5CCOCC5)cc(=O)[nH]4)c2N3C)c1. The lowest BCUT2D eigenvalue weighted by atomic mass is 9.92. The van der Waals surface area contributed by atoms with E-state index in [4.69, 9.17) is 9.47 Å². The highest BCUT2D eigenvalue weighted by Crippen LogP contribution is 2.43. The van der Waals surface area contributed by atoms with Crippen LogP contribution in [0.25, 0.3) is 11.3 Å².